The Morgan fingerprint density at radius 3 is 2.70 bits per heavy atom. The highest BCUT2D eigenvalue weighted by Gasteiger charge is 2.39. The lowest BCUT2D eigenvalue weighted by atomic mass is 9.76. The van der Waals surface area contributed by atoms with Crippen LogP contribution in [0.1, 0.15) is 31.9 Å². The molecule has 1 aromatic carbocycles. The first-order valence-corrected chi connectivity index (χ1v) is 6.82. The van der Waals surface area contributed by atoms with E-state index in [0.717, 1.165) is 6.42 Å². The van der Waals surface area contributed by atoms with Crippen molar-refractivity contribution in [2.45, 2.75) is 32.4 Å². The van der Waals surface area contributed by atoms with Crippen molar-refractivity contribution in [2.75, 3.05) is 7.11 Å². The third-order valence-electron chi connectivity index (χ3n) is 4.03. The van der Waals surface area contributed by atoms with Crippen LogP contribution in [0.3, 0.4) is 0 Å². The summed E-state index contributed by atoms with van der Waals surface area (Å²) in [5.74, 6) is -0.602. The first-order chi connectivity index (χ1) is 9.43. The molecule has 1 fully saturated rings. The first-order valence-electron chi connectivity index (χ1n) is 6.82. The van der Waals surface area contributed by atoms with Crippen molar-refractivity contribution in [1.82, 2.24) is 5.32 Å². The first kappa shape index (κ1) is 14.8. The Balaban J connectivity index is 2.39. The Bertz CT molecular complexity index is 507. The van der Waals surface area contributed by atoms with Crippen molar-refractivity contribution in [2.24, 2.45) is 17.6 Å². The molecule has 20 heavy (non-hydrogen) atoms. The summed E-state index contributed by atoms with van der Waals surface area (Å²) in [6, 6.07) is 4.51. The lowest BCUT2D eigenvalue weighted by molar-refractivity contribution is -0.125. The SMILES string of the molecule is COc1ccc(C2NC(C)CC(C)C2C(N)=O)c(F)c1. The topological polar surface area (TPSA) is 64.3 Å². The molecule has 0 aliphatic carbocycles. The molecule has 4 atom stereocenters. The van der Waals surface area contributed by atoms with Crippen LogP contribution in [0.2, 0.25) is 0 Å². The van der Waals surface area contributed by atoms with Crippen molar-refractivity contribution >= 4 is 5.91 Å². The molecule has 1 heterocycles. The number of primary amides is 1. The fourth-order valence-corrected chi connectivity index (χ4v) is 3.13. The minimum absolute atomic E-state index is 0.121. The molecule has 5 heteroatoms. The van der Waals surface area contributed by atoms with E-state index in [1.54, 1.807) is 12.1 Å². The number of nitrogens with one attached hydrogen (secondary N) is 1. The number of carbonyl (C=O) groups is 1. The minimum atomic E-state index is -0.408. The van der Waals surface area contributed by atoms with Gasteiger partial charge >= 0.3 is 0 Å². The molecule has 0 aromatic heterocycles. The molecule has 0 bridgehead atoms. The standard InChI is InChI=1S/C15H21FN2O2/c1-8-6-9(2)18-14(13(8)15(17)19)11-5-4-10(20-3)7-12(11)16/h4-5,7-9,13-14,18H,6H2,1-3H3,(H2,17,19). The van der Waals surface area contributed by atoms with E-state index in [9.17, 15) is 9.18 Å². The predicted molar refractivity (Wildman–Crippen MR) is 74.8 cm³/mol. The highest BCUT2D eigenvalue weighted by atomic mass is 19.1. The van der Waals surface area contributed by atoms with Crippen molar-refractivity contribution in [1.29, 1.82) is 0 Å². The molecule has 1 aliphatic rings. The fourth-order valence-electron chi connectivity index (χ4n) is 3.13. The summed E-state index contributed by atoms with van der Waals surface area (Å²) in [5, 5.41) is 3.29. The van der Waals surface area contributed by atoms with E-state index in [1.165, 1.54) is 13.2 Å². The van der Waals surface area contributed by atoms with Crippen molar-refractivity contribution in [3.63, 3.8) is 0 Å². The van der Waals surface area contributed by atoms with Gasteiger partial charge in [-0.25, -0.2) is 4.39 Å². The summed E-state index contributed by atoms with van der Waals surface area (Å²) >= 11 is 0. The number of amides is 1. The molecule has 1 amide bonds. The van der Waals surface area contributed by atoms with Gasteiger partial charge in [-0.05, 0) is 25.3 Å². The second-order valence-electron chi connectivity index (χ2n) is 5.57. The maximum absolute atomic E-state index is 14.2. The maximum atomic E-state index is 14.2. The Kier molecular flexibility index (Phi) is 4.28. The van der Waals surface area contributed by atoms with Crippen LogP contribution in [-0.2, 0) is 4.79 Å². The molecule has 1 saturated heterocycles. The van der Waals surface area contributed by atoms with E-state index in [2.05, 4.69) is 5.32 Å². The number of methoxy groups -OCH3 is 1. The summed E-state index contributed by atoms with van der Waals surface area (Å²) in [4.78, 5) is 11.7. The molecule has 110 valence electrons. The largest absolute Gasteiger partial charge is 0.497 e. The van der Waals surface area contributed by atoms with Crippen LogP contribution >= 0.6 is 0 Å². The average Bonchev–Trinajstić information content (AvgIpc) is 2.36. The van der Waals surface area contributed by atoms with E-state index in [0.29, 0.717) is 11.3 Å². The molecular weight excluding hydrogens is 259 g/mol. The van der Waals surface area contributed by atoms with E-state index in [-0.39, 0.29) is 17.8 Å². The zero-order valence-corrected chi connectivity index (χ0v) is 12.0. The summed E-state index contributed by atoms with van der Waals surface area (Å²) in [6.07, 6.45) is 0.849. The smallest absolute Gasteiger partial charge is 0.222 e. The molecule has 4 unspecified atom stereocenters. The Morgan fingerprint density at radius 2 is 2.15 bits per heavy atom. The number of benzene rings is 1. The van der Waals surface area contributed by atoms with Crippen LogP contribution in [0.4, 0.5) is 4.39 Å². The van der Waals surface area contributed by atoms with E-state index < -0.39 is 17.9 Å². The lowest BCUT2D eigenvalue weighted by Crippen LogP contribution is -2.49. The summed E-state index contributed by atoms with van der Waals surface area (Å²) in [5.41, 5.74) is 5.98. The van der Waals surface area contributed by atoms with Crippen molar-refractivity contribution in [3.8, 4) is 5.75 Å². The number of carbonyl (C=O) groups excluding carboxylic acids is 1. The molecule has 1 aromatic rings. The van der Waals surface area contributed by atoms with Gasteiger partial charge in [0.1, 0.15) is 11.6 Å². The van der Waals surface area contributed by atoms with Gasteiger partial charge in [0.2, 0.25) is 5.91 Å². The van der Waals surface area contributed by atoms with Crippen LogP contribution < -0.4 is 15.8 Å². The van der Waals surface area contributed by atoms with Gasteiger partial charge in [-0.3, -0.25) is 4.79 Å². The highest BCUT2D eigenvalue weighted by Crippen LogP contribution is 2.37. The second-order valence-corrected chi connectivity index (χ2v) is 5.57. The van der Waals surface area contributed by atoms with Gasteiger partial charge in [0.05, 0.1) is 13.0 Å². The molecule has 0 spiro atoms. The third-order valence-corrected chi connectivity index (χ3v) is 4.03. The normalized spacial score (nSPS) is 30.0. The van der Waals surface area contributed by atoms with Crippen LogP contribution in [0.5, 0.6) is 5.75 Å². The monoisotopic (exact) mass is 280 g/mol. The van der Waals surface area contributed by atoms with Gasteiger partial charge in [-0.1, -0.05) is 13.0 Å². The number of halogens is 1. The molecule has 2 rings (SSSR count). The quantitative estimate of drug-likeness (QED) is 0.890. The predicted octanol–water partition coefficient (Wildman–Crippen LogP) is 1.99. The maximum Gasteiger partial charge on any atom is 0.222 e. The van der Waals surface area contributed by atoms with Crippen LogP contribution in [0.15, 0.2) is 18.2 Å². The van der Waals surface area contributed by atoms with E-state index in [4.69, 9.17) is 10.5 Å². The molecule has 3 N–H and O–H groups in total. The second kappa shape index (κ2) is 5.79. The summed E-state index contributed by atoms with van der Waals surface area (Å²) in [6.45, 7) is 4.02. The van der Waals surface area contributed by atoms with Gasteiger partial charge in [-0.15, -0.1) is 0 Å². The number of ether oxygens (including phenoxy) is 1. The van der Waals surface area contributed by atoms with Crippen LogP contribution in [-0.4, -0.2) is 19.1 Å². The molecular formula is C15H21FN2O2. The molecule has 0 radical (unpaired) electrons. The number of rotatable bonds is 3. The van der Waals surface area contributed by atoms with E-state index >= 15 is 0 Å². The molecule has 1 aliphatic heterocycles. The fraction of sp³-hybridized carbons (Fsp3) is 0.533. The van der Waals surface area contributed by atoms with E-state index in [1.807, 2.05) is 13.8 Å². The highest BCUT2D eigenvalue weighted by molar-refractivity contribution is 5.78. The average molecular weight is 280 g/mol. The number of hydrogen-bond acceptors (Lipinski definition) is 3. The van der Waals surface area contributed by atoms with Gasteiger partial charge in [-0.2, -0.15) is 0 Å². The zero-order valence-electron chi connectivity index (χ0n) is 12.0. The van der Waals surface area contributed by atoms with Crippen LogP contribution in [0.25, 0.3) is 0 Å². The van der Waals surface area contributed by atoms with Crippen molar-refractivity contribution < 1.29 is 13.9 Å². The molecule has 0 saturated carbocycles. The lowest BCUT2D eigenvalue weighted by Gasteiger charge is -2.39. The van der Waals surface area contributed by atoms with Gasteiger partial charge in [0, 0.05) is 23.7 Å². The number of hydrogen-bond donors (Lipinski definition) is 2. The van der Waals surface area contributed by atoms with Crippen LogP contribution in [0, 0.1) is 17.7 Å². The number of nitrogens with two attached hydrogens (primary N) is 1. The Labute approximate surface area is 118 Å². The number of piperidine rings is 1. The Hall–Kier alpha value is -1.62. The minimum Gasteiger partial charge on any atom is -0.497 e. The third kappa shape index (κ3) is 2.77. The summed E-state index contributed by atoms with van der Waals surface area (Å²) < 4.78 is 19.2. The zero-order chi connectivity index (χ0) is 14.9. The van der Waals surface area contributed by atoms with Crippen molar-refractivity contribution in [3.05, 3.63) is 29.6 Å². The molecule has 4 nitrogen and oxygen atoms in total. The van der Waals surface area contributed by atoms with Gasteiger partial charge in [0.25, 0.3) is 0 Å². The van der Waals surface area contributed by atoms with Gasteiger partial charge in [0.15, 0.2) is 0 Å². The van der Waals surface area contributed by atoms with Gasteiger partial charge < -0.3 is 15.8 Å². The Morgan fingerprint density at radius 1 is 1.45 bits per heavy atom. The summed E-state index contributed by atoms with van der Waals surface area (Å²) in [7, 11) is 1.49.